The lowest BCUT2D eigenvalue weighted by molar-refractivity contribution is -0.124. The zero-order chi connectivity index (χ0) is 18.2. The van der Waals surface area contributed by atoms with Crippen molar-refractivity contribution in [3.8, 4) is 11.5 Å². The Morgan fingerprint density at radius 3 is 2.84 bits per heavy atom. The Bertz CT molecular complexity index is 615. The summed E-state index contributed by atoms with van der Waals surface area (Å²) in [6, 6.07) is 3.09. The Balaban J connectivity index is 1.89. The fourth-order valence-corrected chi connectivity index (χ4v) is 2.98. The van der Waals surface area contributed by atoms with Crippen molar-refractivity contribution >= 4 is 27.8 Å². The van der Waals surface area contributed by atoms with Crippen LogP contribution in [0.25, 0.3) is 0 Å². The molecular weight excluding hydrogens is 394 g/mol. The van der Waals surface area contributed by atoms with Gasteiger partial charge in [0.15, 0.2) is 18.1 Å². The van der Waals surface area contributed by atoms with Gasteiger partial charge in [-0.05, 0) is 47.8 Å². The zero-order valence-corrected chi connectivity index (χ0v) is 15.9. The third kappa shape index (κ3) is 5.61. The fourth-order valence-electron chi connectivity index (χ4n) is 2.42. The molecule has 7 nitrogen and oxygen atoms in total. The van der Waals surface area contributed by atoms with Crippen LogP contribution in [0.4, 0.5) is 0 Å². The van der Waals surface area contributed by atoms with E-state index < -0.39 is 5.97 Å². The van der Waals surface area contributed by atoms with Gasteiger partial charge in [0.1, 0.15) is 0 Å². The SMILES string of the molecule is CCOc1c(Br)cc(C(=O)OCC(=O)NC[C@@H]2CCCO2)cc1OC. The summed E-state index contributed by atoms with van der Waals surface area (Å²) >= 11 is 3.34. The van der Waals surface area contributed by atoms with Crippen molar-refractivity contribution in [3.63, 3.8) is 0 Å². The number of carbonyl (C=O) groups excluding carboxylic acids is 2. The van der Waals surface area contributed by atoms with E-state index in [1.54, 1.807) is 6.07 Å². The highest BCUT2D eigenvalue weighted by Crippen LogP contribution is 2.36. The fraction of sp³-hybridized carbons (Fsp3) is 0.529. The van der Waals surface area contributed by atoms with Crippen LogP contribution < -0.4 is 14.8 Å². The lowest BCUT2D eigenvalue weighted by Gasteiger charge is -2.13. The van der Waals surface area contributed by atoms with E-state index in [0.717, 1.165) is 19.4 Å². The van der Waals surface area contributed by atoms with Crippen LogP contribution in [-0.2, 0) is 14.3 Å². The van der Waals surface area contributed by atoms with Gasteiger partial charge in [-0.2, -0.15) is 0 Å². The normalized spacial score (nSPS) is 16.4. The topological polar surface area (TPSA) is 83.1 Å². The van der Waals surface area contributed by atoms with Gasteiger partial charge in [-0.1, -0.05) is 0 Å². The molecule has 25 heavy (non-hydrogen) atoms. The first-order valence-corrected chi connectivity index (χ1v) is 8.90. The van der Waals surface area contributed by atoms with Crippen molar-refractivity contribution in [1.29, 1.82) is 0 Å². The van der Waals surface area contributed by atoms with Gasteiger partial charge in [0.05, 0.1) is 29.9 Å². The summed E-state index contributed by atoms with van der Waals surface area (Å²) in [5, 5.41) is 2.70. The number of rotatable bonds is 8. The van der Waals surface area contributed by atoms with Gasteiger partial charge in [0, 0.05) is 13.2 Å². The largest absolute Gasteiger partial charge is 0.493 e. The molecule has 138 valence electrons. The van der Waals surface area contributed by atoms with Crippen LogP contribution in [0.3, 0.4) is 0 Å². The number of halogens is 1. The molecule has 8 heteroatoms. The molecule has 0 aromatic heterocycles. The summed E-state index contributed by atoms with van der Waals surface area (Å²) in [5.41, 5.74) is 0.263. The predicted molar refractivity (Wildman–Crippen MR) is 94.1 cm³/mol. The van der Waals surface area contributed by atoms with Crippen LogP contribution >= 0.6 is 15.9 Å². The number of methoxy groups -OCH3 is 1. The van der Waals surface area contributed by atoms with E-state index in [1.165, 1.54) is 13.2 Å². The van der Waals surface area contributed by atoms with Crippen LogP contribution in [0.2, 0.25) is 0 Å². The Hall–Kier alpha value is -1.80. The maximum atomic E-state index is 12.2. The van der Waals surface area contributed by atoms with Gasteiger partial charge < -0.3 is 24.3 Å². The Kier molecular flexibility index (Phi) is 7.52. The van der Waals surface area contributed by atoms with E-state index in [9.17, 15) is 9.59 Å². The van der Waals surface area contributed by atoms with E-state index >= 15 is 0 Å². The Morgan fingerprint density at radius 1 is 1.40 bits per heavy atom. The first-order valence-electron chi connectivity index (χ1n) is 8.10. The molecule has 1 amide bonds. The maximum absolute atomic E-state index is 12.2. The van der Waals surface area contributed by atoms with Crippen LogP contribution in [0, 0.1) is 0 Å². The molecule has 1 aromatic rings. The number of esters is 1. The summed E-state index contributed by atoms with van der Waals surface area (Å²) in [5.74, 6) is -0.0583. The predicted octanol–water partition coefficient (Wildman–Crippen LogP) is 2.31. The van der Waals surface area contributed by atoms with Crippen LogP contribution in [0.1, 0.15) is 30.1 Å². The highest BCUT2D eigenvalue weighted by molar-refractivity contribution is 9.10. The van der Waals surface area contributed by atoms with Crippen molar-refractivity contribution < 1.29 is 28.5 Å². The minimum atomic E-state index is -0.616. The summed E-state index contributed by atoms with van der Waals surface area (Å²) in [4.78, 5) is 23.9. The smallest absolute Gasteiger partial charge is 0.338 e. The molecule has 1 fully saturated rings. The van der Waals surface area contributed by atoms with E-state index in [0.29, 0.717) is 29.1 Å². The molecule has 1 aliphatic rings. The van der Waals surface area contributed by atoms with Gasteiger partial charge in [-0.25, -0.2) is 4.79 Å². The summed E-state index contributed by atoms with van der Waals surface area (Å²) in [6.45, 7) is 3.12. The number of amides is 1. The number of hydrogen-bond donors (Lipinski definition) is 1. The number of ether oxygens (including phenoxy) is 4. The second-order valence-corrected chi connectivity index (χ2v) is 6.29. The molecule has 0 spiro atoms. The van der Waals surface area contributed by atoms with E-state index in [4.69, 9.17) is 18.9 Å². The van der Waals surface area contributed by atoms with Crippen molar-refractivity contribution in [2.75, 3.05) is 33.5 Å². The second kappa shape index (κ2) is 9.62. The van der Waals surface area contributed by atoms with Crippen molar-refractivity contribution in [2.45, 2.75) is 25.9 Å². The Labute approximate surface area is 155 Å². The molecule has 1 aromatic carbocycles. The molecule has 0 bridgehead atoms. The van der Waals surface area contributed by atoms with E-state index in [-0.39, 0.29) is 24.2 Å². The standard InChI is InChI=1S/C17H22BrNO6/c1-3-23-16-13(18)7-11(8-14(16)22-2)17(21)25-10-15(20)19-9-12-5-4-6-24-12/h7-8,12H,3-6,9-10H2,1-2H3,(H,19,20)/t12-/m0/s1. The quantitative estimate of drug-likeness (QED) is 0.655. The van der Waals surface area contributed by atoms with Crippen LogP contribution in [0.5, 0.6) is 11.5 Å². The third-order valence-electron chi connectivity index (χ3n) is 3.64. The highest BCUT2D eigenvalue weighted by Gasteiger charge is 2.19. The van der Waals surface area contributed by atoms with Crippen molar-refractivity contribution in [3.05, 3.63) is 22.2 Å². The average molecular weight is 416 g/mol. The molecule has 1 saturated heterocycles. The average Bonchev–Trinajstić information content (AvgIpc) is 3.13. The first kappa shape index (κ1) is 19.5. The minimum Gasteiger partial charge on any atom is -0.493 e. The molecular formula is C17H22BrNO6. The van der Waals surface area contributed by atoms with Gasteiger partial charge >= 0.3 is 5.97 Å². The molecule has 0 aliphatic carbocycles. The molecule has 1 heterocycles. The van der Waals surface area contributed by atoms with Gasteiger partial charge in [-0.15, -0.1) is 0 Å². The molecule has 0 unspecified atom stereocenters. The first-order chi connectivity index (χ1) is 12.0. The molecule has 2 rings (SSSR count). The maximum Gasteiger partial charge on any atom is 0.338 e. The molecule has 1 N–H and O–H groups in total. The van der Waals surface area contributed by atoms with Crippen LogP contribution in [-0.4, -0.2) is 51.5 Å². The molecule has 1 atom stereocenters. The lowest BCUT2D eigenvalue weighted by atomic mass is 10.2. The van der Waals surface area contributed by atoms with Crippen LogP contribution in [0.15, 0.2) is 16.6 Å². The number of benzene rings is 1. The second-order valence-electron chi connectivity index (χ2n) is 5.44. The van der Waals surface area contributed by atoms with E-state index in [2.05, 4.69) is 21.2 Å². The molecule has 0 radical (unpaired) electrons. The van der Waals surface area contributed by atoms with Gasteiger partial charge in [0.25, 0.3) is 5.91 Å². The summed E-state index contributed by atoms with van der Waals surface area (Å²) in [7, 11) is 1.48. The van der Waals surface area contributed by atoms with Gasteiger partial charge in [0.2, 0.25) is 0 Å². The molecule has 1 aliphatic heterocycles. The third-order valence-corrected chi connectivity index (χ3v) is 4.23. The summed E-state index contributed by atoms with van der Waals surface area (Å²) < 4.78 is 21.7. The number of hydrogen-bond acceptors (Lipinski definition) is 6. The van der Waals surface area contributed by atoms with Gasteiger partial charge in [-0.3, -0.25) is 4.79 Å². The molecule has 0 saturated carbocycles. The number of nitrogens with one attached hydrogen (secondary N) is 1. The monoisotopic (exact) mass is 415 g/mol. The highest BCUT2D eigenvalue weighted by atomic mass is 79.9. The Morgan fingerprint density at radius 2 is 2.20 bits per heavy atom. The zero-order valence-electron chi connectivity index (χ0n) is 14.3. The number of carbonyl (C=O) groups is 2. The van der Waals surface area contributed by atoms with Crippen molar-refractivity contribution in [1.82, 2.24) is 5.32 Å². The van der Waals surface area contributed by atoms with Crippen molar-refractivity contribution in [2.24, 2.45) is 0 Å². The van der Waals surface area contributed by atoms with E-state index in [1.807, 2.05) is 6.92 Å². The summed E-state index contributed by atoms with van der Waals surface area (Å²) in [6.07, 6.45) is 1.98. The minimum absolute atomic E-state index is 0.0472. The lowest BCUT2D eigenvalue weighted by Crippen LogP contribution is -2.34.